The minimum Gasteiger partial charge on any atom is -0.348 e. The molecule has 3 aromatic heterocycles. The van der Waals surface area contributed by atoms with Crippen LogP contribution in [0, 0.1) is 0 Å². The largest absolute Gasteiger partial charge is 0.348 e. The summed E-state index contributed by atoms with van der Waals surface area (Å²) in [6.07, 6.45) is 10.4. The van der Waals surface area contributed by atoms with E-state index in [4.69, 9.17) is 16.6 Å². The molecule has 5 rings (SSSR count). The Hall–Kier alpha value is -3.59. The van der Waals surface area contributed by atoms with Gasteiger partial charge >= 0.3 is 0 Å². The van der Waals surface area contributed by atoms with Crippen molar-refractivity contribution in [1.29, 1.82) is 0 Å². The van der Waals surface area contributed by atoms with Gasteiger partial charge in [-0.05, 0) is 54.2 Å². The van der Waals surface area contributed by atoms with E-state index in [1.807, 2.05) is 24.5 Å². The summed E-state index contributed by atoms with van der Waals surface area (Å²) in [7, 11) is 0. The minimum absolute atomic E-state index is 0.172. The molecule has 196 valence electrons. The lowest BCUT2D eigenvalue weighted by Crippen LogP contribution is -2.36. The van der Waals surface area contributed by atoms with Gasteiger partial charge in [0.25, 0.3) is 5.91 Å². The average molecular weight is 530 g/mol. The van der Waals surface area contributed by atoms with Crippen molar-refractivity contribution in [2.24, 2.45) is 0 Å². The summed E-state index contributed by atoms with van der Waals surface area (Å²) in [5, 5.41) is 6.80. The number of hydrogen-bond donors (Lipinski definition) is 3. The lowest BCUT2D eigenvalue weighted by Gasteiger charge is -2.35. The van der Waals surface area contributed by atoms with Crippen molar-refractivity contribution in [3.63, 3.8) is 0 Å². The first-order valence-corrected chi connectivity index (χ1v) is 13.4. The number of aryl methyl sites for hydroxylation is 1. The molecule has 0 saturated carbocycles. The van der Waals surface area contributed by atoms with Crippen molar-refractivity contribution in [2.75, 3.05) is 13.1 Å². The van der Waals surface area contributed by atoms with E-state index in [2.05, 4.69) is 54.8 Å². The summed E-state index contributed by atoms with van der Waals surface area (Å²) in [5.74, 6) is 0.763. The van der Waals surface area contributed by atoms with E-state index in [1.54, 1.807) is 18.3 Å². The molecule has 1 aromatic carbocycles. The Morgan fingerprint density at radius 3 is 2.82 bits per heavy atom. The minimum atomic E-state index is -0.172. The maximum absolute atomic E-state index is 12.6. The Kier molecular flexibility index (Phi) is 8.75. The molecule has 8 nitrogen and oxygen atoms in total. The summed E-state index contributed by atoms with van der Waals surface area (Å²) < 4.78 is 0. The van der Waals surface area contributed by atoms with Crippen molar-refractivity contribution < 1.29 is 4.79 Å². The van der Waals surface area contributed by atoms with Crippen LogP contribution in [0.15, 0.2) is 73.3 Å². The average Bonchev–Trinajstić information content (AvgIpc) is 3.47. The highest BCUT2D eigenvalue weighted by atomic mass is 35.5. The van der Waals surface area contributed by atoms with Crippen LogP contribution >= 0.6 is 11.6 Å². The van der Waals surface area contributed by atoms with Gasteiger partial charge in [-0.15, -0.1) is 0 Å². The number of aromatic nitrogens is 4. The number of carbonyl (C=O) groups is 1. The normalized spacial score (nSPS) is 14.8. The van der Waals surface area contributed by atoms with Crippen LogP contribution in [0.25, 0.3) is 0 Å². The fourth-order valence-corrected chi connectivity index (χ4v) is 5.18. The number of aromatic amines is 1. The van der Waals surface area contributed by atoms with Crippen LogP contribution in [0.1, 0.15) is 57.5 Å². The van der Waals surface area contributed by atoms with E-state index >= 15 is 0 Å². The van der Waals surface area contributed by atoms with Crippen LogP contribution in [0.2, 0.25) is 5.15 Å². The number of nitrogens with one attached hydrogen (secondary N) is 3. The highest BCUT2D eigenvalue weighted by molar-refractivity contribution is 6.29. The van der Waals surface area contributed by atoms with Gasteiger partial charge in [0, 0.05) is 56.5 Å². The summed E-state index contributed by atoms with van der Waals surface area (Å²) >= 11 is 5.93. The van der Waals surface area contributed by atoms with Gasteiger partial charge in [0.15, 0.2) is 0 Å². The molecule has 0 spiro atoms. The molecular weight excluding hydrogens is 498 g/mol. The number of fused-ring (bicyclic) bond motifs is 1. The number of hydrogen-bond acceptors (Lipinski definition) is 6. The Morgan fingerprint density at radius 2 is 1.95 bits per heavy atom. The van der Waals surface area contributed by atoms with Crippen LogP contribution in [-0.4, -0.2) is 43.8 Å². The molecular formula is C29H32ClN7O. The van der Waals surface area contributed by atoms with Gasteiger partial charge in [-0.2, -0.15) is 0 Å². The number of H-pyrrole nitrogens is 1. The zero-order valence-electron chi connectivity index (χ0n) is 21.2. The van der Waals surface area contributed by atoms with Crippen molar-refractivity contribution >= 4 is 17.5 Å². The van der Waals surface area contributed by atoms with Gasteiger partial charge in [0.2, 0.25) is 0 Å². The Balaban J connectivity index is 1.26. The number of amides is 1. The van der Waals surface area contributed by atoms with E-state index in [-0.39, 0.29) is 11.9 Å². The fraction of sp³-hybridized carbons (Fsp3) is 0.310. The molecule has 38 heavy (non-hydrogen) atoms. The second-order valence-electron chi connectivity index (χ2n) is 9.51. The molecule has 1 aliphatic carbocycles. The van der Waals surface area contributed by atoms with E-state index in [0.29, 0.717) is 23.8 Å². The lowest BCUT2D eigenvalue weighted by molar-refractivity contribution is 0.0950. The predicted molar refractivity (Wildman–Crippen MR) is 147 cm³/mol. The number of imidazole rings is 1. The molecule has 1 aliphatic rings. The van der Waals surface area contributed by atoms with Crippen molar-refractivity contribution in [3.05, 3.63) is 112 Å². The monoisotopic (exact) mass is 529 g/mol. The van der Waals surface area contributed by atoms with Crippen LogP contribution in [0.5, 0.6) is 0 Å². The smallest absolute Gasteiger partial charge is 0.251 e. The number of rotatable bonds is 11. The van der Waals surface area contributed by atoms with Gasteiger partial charge in [0.1, 0.15) is 11.0 Å². The zero-order valence-corrected chi connectivity index (χ0v) is 22.0. The van der Waals surface area contributed by atoms with Crippen LogP contribution < -0.4 is 10.6 Å². The third-order valence-corrected chi connectivity index (χ3v) is 7.05. The zero-order chi connectivity index (χ0) is 26.2. The fourth-order valence-electron chi connectivity index (χ4n) is 5.01. The number of carbonyl (C=O) groups excluding carboxylic acids is 1. The molecule has 0 radical (unpaired) electrons. The molecule has 0 fully saturated rings. The molecule has 1 unspecified atom stereocenters. The third kappa shape index (κ3) is 6.83. The summed E-state index contributed by atoms with van der Waals surface area (Å²) in [6.45, 7) is 3.66. The van der Waals surface area contributed by atoms with Crippen LogP contribution in [-0.2, 0) is 26.1 Å². The van der Waals surface area contributed by atoms with E-state index < -0.39 is 0 Å². The van der Waals surface area contributed by atoms with Gasteiger partial charge in [-0.1, -0.05) is 41.9 Å². The Bertz CT molecular complexity index is 1340. The Morgan fingerprint density at radius 1 is 1.03 bits per heavy atom. The van der Waals surface area contributed by atoms with E-state index in [0.717, 1.165) is 50.3 Å². The number of pyridine rings is 2. The van der Waals surface area contributed by atoms with Crippen molar-refractivity contribution in [3.8, 4) is 0 Å². The second-order valence-corrected chi connectivity index (χ2v) is 9.90. The van der Waals surface area contributed by atoms with Crippen LogP contribution in [0.3, 0.4) is 0 Å². The standard InChI is InChI=1S/C29H32ClN7O/c30-26-17-24(9-11-32-26)29(38)36-18-21-4-1-5-22(16-21)20-37(15-14-31-19-27-33-12-13-34-27)25-8-2-6-23-7-3-10-35-28(23)25/h1,3-5,7,9-13,16-17,25,31H,2,6,8,14-15,18-20H2,(H,33,34)(H,36,38). The molecule has 3 N–H and O–H groups in total. The topological polar surface area (TPSA) is 98.8 Å². The number of halogens is 1. The first-order chi connectivity index (χ1) is 18.7. The number of nitrogens with zero attached hydrogens (tertiary/aromatic N) is 4. The van der Waals surface area contributed by atoms with Crippen molar-refractivity contribution in [1.82, 2.24) is 35.5 Å². The highest BCUT2D eigenvalue weighted by Crippen LogP contribution is 2.33. The maximum Gasteiger partial charge on any atom is 0.251 e. The summed E-state index contributed by atoms with van der Waals surface area (Å²) in [6, 6.07) is 16.2. The van der Waals surface area contributed by atoms with Gasteiger partial charge in [0.05, 0.1) is 18.3 Å². The molecule has 0 bridgehead atoms. The molecule has 1 amide bonds. The number of benzene rings is 1. The highest BCUT2D eigenvalue weighted by Gasteiger charge is 2.27. The molecule has 1 atom stereocenters. The second kappa shape index (κ2) is 12.8. The Labute approximate surface area is 227 Å². The van der Waals surface area contributed by atoms with Crippen LogP contribution in [0.4, 0.5) is 0 Å². The third-order valence-electron chi connectivity index (χ3n) is 6.85. The summed E-state index contributed by atoms with van der Waals surface area (Å²) in [4.78, 5) is 31.3. The molecule has 4 aromatic rings. The van der Waals surface area contributed by atoms with Gasteiger partial charge in [-0.3, -0.25) is 14.7 Å². The molecule has 0 saturated heterocycles. The molecule has 3 heterocycles. The maximum atomic E-state index is 12.6. The van der Waals surface area contributed by atoms with Crippen molar-refractivity contribution in [2.45, 2.75) is 44.9 Å². The first-order valence-electron chi connectivity index (χ1n) is 13.0. The quantitative estimate of drug-likeness (QED) is 0.196. The summed E-state index contributed by atoms with van der Waals surface area (Å²) in [5.41, 5.74) is 5.30. The first kappa shape index (κ1) is 26.0. The van der Waals surface area contributed by atoms with E-state index in [1.165, 1.54) is 23.0 Å². The van der Waals surface area contributed by atoms with Gasteiger partial charge < -0.3 is 15.6 Å². The van der Waals surface area contributed by atoms with E-state index in [9.17, 15) is 4.79 Å². The molecule has 0 aliphatic heterocycles. The predicted octanol–water partition coefficient (Wildman–Crippen LogP) is 4.45. The van der Waals surface area contributed by atoms with Gasteiger partial charge in [-0.25, -0.2) is 9.97 Å². The lowest BCUT2D eigenvalue weighted by atomic mass is 9.90. The molecule has 9 heteroatoms. The SMILES string of the molecule is O=C(NCc1cccc(CN(CCNCc2ncc[nH]2)C2CCCc3cccnc32)c1)c1ccnc(Cl)c1.